The van der Waals surface area contributed by atoms with E-state index in [1.807, 2.05) is 0 Å². The van der Waals surface area contributed by atoms with Crippen molar-refractivity contribution >= 4 is 28.1 Å². The molecule has 1 aromatic rings. The van der Waals surface area contributed by atoms with Crippen molar-refractivity contribution in [1.29, 1.82) is 5.41 Å². The number of carbonyl (C=O) groups is 1. The zero-order valence-corrected chi connectivity index (χ0v) is 15.4. The van der Waals surface area contributed by atoms with E-state index in [-0.39, 0.29) is 41.1 Å². The van der Waals surface area contributed by atoms with Gasteiger partial charge in [0.2, 0.25) is 0 Å². The van der Waals surface area contributed by atoms with Crippen LogP contribution in [0.3, 0.4) is 0 Å². The fourth-order valence-electron chi connectivity index (χ4n) is 1.79. The molecule has 0 bridgehead atoms. The van der Waals surface area contributed by atoms with Crippen LogP contribution < -0.4 is 57.0 Å². The molecule has 0 aromatic carbocycles. The van der Waals surface area contributed by atoms with Gasteiger partial charge in [-0.25, -0.2) is 0 Å². The van der Waals surface area contributed by atoms with Crippen molar-refractivity contribution in [3.05, 3.63) is 28.3 Å². The number of fused-ring (bicyclic) bond motifs is 1. The first-order chi connectivity index (χ1) is 9.92. The van der Waals surface area contributed by atoms with Gasteiger partial charge in [0.05, 0.1) is 30.4 Å². The normalized spacial score (nSPS) is 12.1. The van der Waals surface area contributed by atoms with Crippen LogP contribution in [0.2, 0.25) is 0 Å². The van der Waals surface area contributed by atoms with Crippen molar-refractivity contribution in [1.82, 2.24) is 5.43 Å². The number of nitrogen functional groups attached to an aromatic ring is 1. The molecule has 1 aromatic heterocycles. The van der Waals surface area contributed by atoms with Crippen molar-refractivity contribution in [2.45, 2.75) is 13.0 Å². The number of anilines is 1. The van der Waals surface area contributed by atoms with E-state index in [0.29, 0.717) is 30.2 Å². The molecule has 2 rings (SSSR count). The molecule has 22 heavy (non-hydrogen) atoms. The molecule has 0 radical (unpaired) electrons. The SMILES string of the molecule is C=C(Nc1sc2c(c1C(=N)N)CCOC2)C(=O)[O-].CNN.[Na+]. The first kappa shape index (κ1) is 21.1. The summed E-state index contributed by atoms with van der Waals surface area (Å²) >= 11 is 1.33. The maximum atomic E-state index is 10.6. The number of carboxylic acids is 1. The molecule has 1 aliphatic heterocycles. The first-order valence-electron chi connectivity index (χ1n) is 6.03. The fourth-order valence-corrected chi connectivity index (χ4v) is 3.02. The van der Waals surface area contributed by atoms with Gasteiger partial charge in [-0.3, -0.25) is 16.7 Å². The maximum Gasteiger partial charge on any atom is 1.00 e. The zero-order valence-electron chi connectivity index (χ0n) is 12.6. The number of hydrogen-bond acceptors (Lipinski definition) is 8. The molecule has 0 spiro atoms. The van der Waals surface area contributed by atoms with Gasteiger partial charge in [0.25, 0.3) is 0 Å². The standard InChI is InChI=1S/C11H13N3O3S.CH6N2.Na/c1-5(11(15)16)14-10-8(9(12)13)6-2-3-17-4-7(6)18-10;1-3-2;/h14H,1-4H2,(H3,12,13)(H,15,16);3H,2H2,1H3;/q;;+1/p-1. The number of amidine groups is 1. The van der Waals surface area contributed by atoms with E-state index in [1.165, 1.54) is 11.3 Å². The van der Waals surface area contributed by atoms with Crippen LogP contribution in [0.15, 0.2) is 12.3 Å². The summed E-state index contributed by atoms with van der Waals surface area (Å²) in [6.07, 6.45) is 0.667. The molecule has 116 valence electrons. The zero-order chi connectivity index (χ0) is 16.0. The number of ether oxygens (including phenoxy) is 1. The molecule has 8 nitrogen and oxygen atoms in total. The molecule has 0 saturated carbocycles. The second-order valence-electron chi connectivity index (χ2n) is 4.10. The molecule has 10 heteroatoms. The number of nitrogens with two attached hydrogens (primary N) is 2. The number of carbonyl (C=O) groups excluding carboxylic acids is 1. The van der Waals surface area contributed by atoms with Crippen molar-refractivity contribution < 1.29 is 44.2 Å². The second kappa shape index (κ2) is 9.95. The van der Waals surface area contributed by atoms with Crippen LogP contribution in [0.25, 0.3) is 0 Å². The molecular weight excluding hydrogens is 317 g/mol. The van der Waals surface area contributed by atoms with Gasteiger partial charge in [-0.1, -0.05) is 6.58 Å². The van der Waals surface area contributed by atoms with Gasteiger partial charge < -0.3 is 25.7 Å². The Kier molecular flexibility index (Phi) is 9.53. The average molecular weight is 335 g/mol. The van der Waals surface area contributed by atoms with Gasteiger partial charge in [0.1, 0.15) is 10.8 Å². The van der Waals surface area contributed by atoms with Crippen molar-refractivity contribution in [3.63, 3.8) is 0 Å². The number of rotatable bonds is 4. The molecule has 0 aliphatic carbocycles. The average Bonchev–Trinajstić information content (AvgIpc) is 2.77. The third-order valence-corrected chi connectivity index (χ3v) is 3.72. The van der Waals surface area contributed by atoms with E-state index in [0.717, 1.165) is 10.4 Å². The monoisotopic (exact) mass is 335 g/mol. The largest absolute Gasteiger partial charge is 1.00 e. The summed E-state index contributed by atoms with van der Waals surface area (Å²) < 4.78 is 5.32. The third kappa shape index (κ3) is 5.36. The second-order valence-corrected chi connectivity index (χ2v) is 5.21. The van der Waals surface area contributed by atoms with Crippen molar-refractivity contribution in [3.8, 4) is 0 Å². The number of carboxylic acid groups (broad SMARTS) is 1. The summed E-state index contributed by atoms with van der Waals surface area (Å²) in [6, 6.07) is 0. The molecular formula is C12H18N5NaO3S. The van der Waals surface area contributed by atoms with E-state index in [1.54, 1.807) is 7.05 Å². The number of hydrazine groups is 1. The van der Waals surface area contributed by atoms with E-state index >= 15 is 0 Å². The van der Waals surface area contributed by atoms with Gasteiger partial charge in [-0.15, -0.1) is 11.3 Å². The van der Waals surface area contributed by atoms with Gasteiger partial charge in [0.15, 0.2) is 0 Å². The van der Waals surface area contributed by atoms with Gasteiger partial charge in [-0.05, 0) is 19.0 Å². The van der Waals surface area contributed by atoms with Crippen LogP contribution in [0.5, 0.6) is 0 Å². The maximum absolute atomic E-state index is 10.6. The fraction of sp³-hybridized carbons (Fsp3) is 0.333. The number of hydrogen-bond donors (Lipinski definition) is 5. The Balaban J connectivity index is 0.00000102. The molecule has 0 amide bonds. The number of thiophene rings is 1. The van der Waals surface area contributed by atoms with Crippen LogP contribution in [0.4, 0.5) is 5.00 Å². The predicted molar refractivity (Wildman–Crippen MR) is 79.7 cm³/mol. The van der Waals surface area contributed by atoms with Gasteiger partial charge >= 0.3 is 29.6 Å². The Morgan fingerprint density at radius 1 is 1.55 bits per heavy atom. The Hall–Kier alpha value is -0.940. The van der Waals surface area contributed by atoms with Crippen LogP contribution in [-0.4, -0.2) is 25.5 Å². The summed E-state index contributed by atoms with van der Waals surface area (Å²) in [5, 5.41) is 21.4. The molecule has 0 saturated heterocycles. The third-order valence-electron chi connectivity index (χ3n) is 2.60. The minimum atomic E-state index is -1.38. The quantitative estimate of drug-likeness (QED) is 0.0936. The number of aliphatic carboxylic acids is 1. The summed E-state index contributed by atoms with van der Waals surface area (Å²) in [5.41, 5.74) is 9.04. The first-order valence-corrected chi connectivity index (χ1v) is 6.85. The molecule has 0 atom stereocenters. The van der Waals surface area contributed by atoms with E-state index in [4.69, 9.17) is 15.9 Å². The van der Waals surface area contributed by atoms with E-state index in [2.05, 4.69) is 23.2 Å². The number of nitrogens with one attached hydrogen (secondary N) is 3. The Morgan fingerprint density at radius 2 is 2.14 bits per heavy atom. The summed E-state index contributed by atoms with van der Waals surface area (Å²) in [7, 11) is 1.65. The Morgan fingerprint density at radius 3 is 2.64 bits per heavy atom. The van der Waals surface area contributed by atoms with Crippen molar-refractivity contribution in [2.24, 2.45) is 11.6 Å². The van der Waals surface area contributed by atoms with Crippen LogP contribution >= 0.6 is 11.3 Å². The Labute approximate surface area is 154 Å². The topological polar surface area (TPSA) is 149 Å². The Bertz CT molecular complexity index is 561. The van der Waals surface area contributed by atoms with Crippen LogP contribution in [0.1, 0.15) is 16.0 Å². The minimum Gasteiger partial charge on any atom is -0.543 e. The predicted octanol–water partition coefficient (Wildman–Crippen LogP) is -4.14. The molecule has 2 heterocycles. The molecule has 0 unspecified atom stereocenters. The molecule has 0 fully saturated rings. The van der Waals surface area contributed by atoms with Crippen LogP contribution in [-0.2, 0) is 22.6 Å². The summed E-state index contributed by atoms with van der Waals surface area (Å²) in [5.74, 6) is 3.12. The summed E-state index contributed by atoms with van der Waals surface area (Å²) in [4.78, 5) is 11.6. The summed E-state index contributed by atoms with van der Waals surface area (Å²) in [6.45, 7) is 4.38. The smallest absolute Gasteiger partial charge is 0.543 e. The van der Waals surface area contributed by atoms with E-state index < -0.39 is 5.97 Å². The van der Waals surface area contributed by atoms with Gasteiger partial charge in [0, 0.05) is 4.88 Å². The minimum absolute atomic E-state index is 0. The van der Waals surface area contributed by atoms with Crippen LogP contribution in [0, 0.1) is 5.41 Å². The van der Waals surface area contributed by atoms with Gasteiger partial charge in [-0.2, -0.15) is 0 Å². The van der Waals surface area contributed by atoms with E-state index in [9.17, 15) is 9.90 Å². The molecule has 1 aliphatic rings. The molecule has 7 N–H and O–H groups in total. The van der Waals surface area contributed by atoms with Crippen molar-refractivity contribution in [2.75, 3.05) is 19.0 Å².